The van der Waals surface area contributed by atoms with E-state index in [0.29, 0.717) is 0 Å². The lowest BCUT2D eigenvalue weighted by Crippen LogP contribution is -2.48. The van der Waals surface area contributed by atoms with Gasteiger partial charge < -0.3 is 24.2 Å². The second-order valence-corrected chi connectivity index (χ2v) is 11.9. The standard InChI is InChI=1S/C30H39N5O3/c1-29(2,3)38-28(36)35-14-7-12-30(20-35)13-15-34(19-30)26-17-24(21-8-11-27(31-18-21)33(4)5)32-25-16-22(37-6)9-10-23(25)26/h8-11,16-18H,7,12-15,19-20H2,1-6H3. The third-order valence-corrected chi connectivity index (χ3v) is 7.59. The van der Waals surface area contributed by atoms with Gasteiger partial charge in [-0.25, -0.2) is 14.8 Å². The second kappa shape index (κ2) is 9.97. The molecule has 1 amide bonds. The van der Waals surface area contributed by atoms with Crippen LogP contribution in [-0.4, -0.2) is 73.9 Å². The number of anilines is 2. The van der Waals surface area contributed by atoms with Crippen LogP contribution < -0.4 is 14.5 Å². The van der Waals surface area contributed by atoms with Crippen molar-refractivity contribution in [2.24, 2.45) is 5.41 Å². The number of likely N-dealkylation sites (tertiary alicyclic amines) is 1. The highest BCUT2D eigenvalue weighted by atomic mass is 16.6. The number of fused-ring (bicyclic) bond motifs is 1. The Morgan fingerprint density at radius 3 is 2.55 bits per heavy atom. The molecule has 2 aliphatic rings. The molecule has 4 heterocycles. The molecule has 2 saturated heterocycles. The molecule has 2 fully saturated rings. The highest BCUT2D eigenvalue weighted by Crippen LogP contribution is 2.43. The van der Waals surface area contributed by atoms with E-state index in [1.165, 1.54) is 0 Å². The zero-order valence-electron chi connectivity index (χ0n) is 23.5. The Labute approximate surface area is 225 Å². The van der Waals surface area contributed by atoms with E-state index in [1.807, 2.05) is 69.1 Å². The van der Waals surface area contributed by atoms with Crippen molar-refractivity contribution < 1.29 is 14.3 Å². The molecule has 2 aromatic heterocycles. The fourth-order valence-corrected chi connectivity index (χ4v) is 5.69. The zero-order valence-corrected chi connectivity index (χ0v) is 23.5. The van der Waals surface area contributed by atoms with Gasteiger partial charge in [0.1, 0.15) is 17.2 Å². The molecule has 5 rings (SSSR count). The first-order valence-corrected chi connectivity index (χ1v) is 13.4. The quantitative estimate of drug-likeness (QED) is 0.446. The third-order valence-electron chi connectivity index (χ3n) is 7.59. The SMILES string of the molecule is COc1ccc2c(N3CCC4(CCCN(C(=O)OC(C)(C)C)C4)C3)cc(-c3ccc(N(C)C)nc3)nc2c1. The smallest absolute Gasteiger partial charge is 0.410 e. The van der Waals surface area contributed by atoms with Gasteiger partial charge in [-0.3, -0.25) is 0 Å². The number of methoxy groups -OCH3 is 1. The normalized spacial score (nSPS) is 19.7. The van der Waals surface area contributed by atoms with Crippen LogP contribution in [0.5, 0.6) is 5.75 Å². The molecule has 0 saturated carbocycles. The van der Waals surface area contributed by atoms with Crippen molar-refractivity contribution in [2.75, 3.05) is 57.2 Å². The van der Waals surface area contributed by atoms with Gasteiger partial charge in [0.05, 0.1) is 18.3 Å². The van der Waals surface area contributed by atoms with Crippen molar-refractivity contribution in [3.8, 4) is 17.0 Å². The number of benzene rings is 1. The van der Waals surface area contributed by atoms with Crippen LogP contribution in [0.1, 0.15) is 40.0 Å². The topological polar surface area (TPSA) is 71.0 Å². The Kier molecular flexibility index (Phi) is 6.84. The summed E-state index contributed by atoms with van der Waals surface area (Å²) in [7, 11) is 5.65. The summed E-state index contributed by atoms with van der Waals surface area (Å²) >= 11 is 0. The molecular formula is C30H39N5O3. The summed E-state index contributed by atoms with van der Waals surface area (Å²) < 4.78 is 11.2. The van der Waals surface area contributed by atoms with Gasteiger partial charge in [-0.05, 0) is 70.4 Å². The summed E-state index contributed by atoms with van der Waals surface area (Å²) in [4.78, 5) is 28.9. The van der Waals surface area contributed by atoms with Crippen LogP contribution >= 0.6 is 0 Å². The van der Waals surface area contributed by atoms with E-state index in [9.17, 15) is 4.79 Å². The van der Waals surface area contributed by atoms with Crippen molar-refractivity contribution in [3.63, 3.8) is 0 Å². The summed E-state index contributed by atoms with van der Waals surface area (Å²) in [6, 6.07) is 12.4. The largest absolute Gasteiger partial charge is 0.497 e. The van der Waals surface area contributed by atoms with E-state index >= 15 is 0 Å². The third kappa shape index (κ3) is 5.35. The second-order valence-electron chi connectivity index (χ2n) is 11.9. The molecule has 3 aromatic rings. The number of amides is 1. The lowest BCUT2D eigenvalue weighted by atomic mass is 9.79. The maximum atomic E-state index is 12.9. The molecule has 1 atom stereocenters. The van der Waals surface area contributed by atoms with Gasteiger partial charge in [0.25, 0.3) is 0 Å². The molecular weight excluding hydrogens is 478 g/mol. The number of piperidine rings is 1. The molecule has 38 heavy (non-hydrogen) atoms. The van der Waals surface area contributed by atoms with E-state index in [2.05, 4.69) is 28.1 Å². The number of nitrogens with zero attached hydrogens (tertiary/aromatic N) is 5. The maximum Gasteiger partial charge on any atom is 0.410 e. The molecule has 0 radical (unpaired) electrons. The van der Waals surface area contributed by atoms with Gasteiger partial charge in [0, 0.05) is 74.6 Å². The molecule has 0 N–H and O–H groups in total. The van der Waals surface area contributed by atoms with E-state index in [-0.39, 0.29) is 11.5 Å². The Hall–Kier alpha value is -3.55. The fraction of sp³-hybridized carbons (Fsp3) is 0.500. The van der Waals surface area contributed by atoms with Crippen molar-refractivity contribution in [3.05, 3.63) is 42.6 Å². The first-order valence-electron chi connectivity index (χ1n) is 13.4. The minimum Gasteiger partial charge on any atom is -0.497 e. The van der Waals surface area contributed by atoms with E-state index < -0.39 is 5.60 Å². The molecule has 1 unspecified atom stereocenters. The Morgan fingerprint density at radius 2 is 1.87 bits per heavy atom. The number of carbonyl (C=O) groups is 1. The summed E-state index contributed by atoms with van der Waals surface area (Å²) in [6.07, 6.45) is 4.84. The van der Waals surface area contributed by atoms with Gasteiger partial charge in [-0.15, -0.1) is 0 Å². The number of hydrogen-bond acceptors (Lipinski definition) is 7. The fourth-order valence-electron chi connectivity index (χ4n) is 5.69. The Balaban J connectivity index is 1.47. The van der Waals surface area contributed by atoms with Crippen molar-refractivity contribution in [1.29, 1.82) is 0 Å². The molecule has 8 heteroatoms. The van der Waals surface area contributed by atoms with E-state index in [4.69, 9.17) is 14.5 Å². The summed E-state index contributed by atoms with van der Waals surface area (Å²) in [5.74, 6) is 1.69. The van der Waals surface area contributed by atoms with Crippen molar-refractivity contribution in [2.45, 2.75) is 45.6 Å². The Morgan fingerprint density at radius 1 is 1.05 bits per heavy atom. The summed E-state index contributed by atoms with van der Waals surface area (Å²) in [5.41, 5.74) is 3.50. The molecule has 0 bridgehead atoms. The highest BCUT2D eigenvalue weighted by molar-refractivity contribution is 5.95. The minimum absolute atomic E-state index is 0.0618. The van der Waals surface area contributed by atoms with Crippen LogP contribution in [0.2, 0.25) is 0 Å². The van der Waals surface area contributed by atoms with Gasteiger partial charge in [0.2, 0.25) is 0 Å². The van der Waals surface area contributed by atoms with Crippen molar-refractivity contribution in [1.82, 2.24) is 14.9 Å². The zero-order chi connectivity index (χ0) is 27.1. The number of carbonyl (C=O) groups excluding carboxylic acids is 1. The molecule has 202 valence electrons. The van der Waals surface area contributed by atoms with Gasteiger partial charge >= 0.3 is 6.09 Å². The predicted molar refractivity (Wildman–Crippen MR) is 152 cm³/mol. The highest BCUT2D eigenvalue weighted by Gasteiger charge is 2.43. The first kappa shape index (κ1) is 26.1. The van der Waals surface area contributed by atoms with Crippen LogP contribution in [0, 0.1) is 5.41 Å². The molecule has 1 spiro atoms. The van der Waals surface area contributed by atoms with Crippen LogP contribution in [-0.2, 0) is 4.74 Å². The van der Waals surface area contributed by atoms with Crippen LogP contribution in [0.4, 0.5) is 16.3 Å². The molecule has 8 nitrogen and oxygen atoms in total. The maximum absolute atomic E-state index is 12.9. The number of aromatic nitrogens is 2. The average molecular weight is 518 g/mol. The number of ether oxygens (including phenoxy) is 2. The monoisotopic (exact) mass is 517 g/mol. The predicted octanol–water partition coefficient (Wildman–Crippen LogP) is 5.60. The van der Waals surface area contributed by atoms with E-state index in [1.54, 1.807) is 7.11 Å². The van der Waals surface area contributed by atoms with Gasteiger partial charge in [-0.1, -0.05) is 0 Å². The van der Waals surface area contributed by atoms with E-state index in [0.717, 1.165) is 84.9 Å². The Bertz CT molecular complexity index is 1320. The van der Waals surface area contributed by atoms with Gasteiger partial charge in [-0.2, -0.15) is 0 Å². The average Bonchev–Trinajstić information content (AvgIpc) is 3.29. The number of pyridine rings is 2. The van der Waals surface area contributed by atoms with Crippen LogP contribution in [0.15, 0.2) is 42.6 Å². The molecule has 0 aliphatic carbocycles. The van der Waals surface area contributed by atoms with Gasteiger partial charge in [0.15, 0.2) is 0 Å². The lowest BCUT2D eigenvalue weighted by molar-refractivity contribution is 0.00713. The number of hydrogen-bond donors (Lipinski definition) is 0. The minimum atomic E-state index is -0.490. The number of rotatable bonds is 4. The molecule has 2 aliphatic heterocycles. The summed E-state index contributed by atoms with van der Waals surface area (Å²) in [6.45, 7) is 9.10. The molecule has 1 aromatic carbocycles. The van der Waals surface area contributed by atoms with Crippen LogP contribution in [0.3, 0.4) is 0 Å². The first-order chi connectivity index (χ1) is 18.1. The lowest BCUT2D eigenvalue weighted by Gasteiger charge is -2.40. The van der Waals surface area contributed by atoms with Crippen molar-refractivity contribution >= 4 is 28.5 Å². The summed E-state index contributed by atoms with van der Waals surface area (Å²) in [5, 5.41) is 1.10. The van der Waals surface area contributed by atoms with Crippen LogP contribution in [0.25, 0.3) is 22.2 Å².